The Morgan fingerprint density at radius 3 is 0.933 bits per heavy atom. The number of allylic oxidation sites excluding steroid dienone is 4. The van der Waals surface area contributed by atoms with Crippen molar-refractivity contribution in [2.75, 3.05) is 0 Å². The molecule has 2 nitrogen and oxygen atoms in total. The largest absolute Gasteiger partial charge is 0.381 e. The molecule has 0 rings (SSSR count). The van der Waals surface area contributed by atoms with E-state index in [2.05, 4.69) is 13.8 Å². The van der Waals surface area contributed by atoms with E-state index in [0.717, 1.165) is 48.0 Å². The minimum atomic E-state index is -0.710. The predicted molar refractivity (Wildman–Crippen MR) is 136 cm³/mol. The predicted octanol–water partition coefficient (Wildman–Crippen LogP) is 8.46. The van der Waals surface area contributed by atoms with E-state index in [9.17, 15) is 10.2 Å². The molecular formula is C28H52O2. The average molecular weight is 421 g/mol. The molecule has 0 aliphatic heterocycles. The standard InChI is InChI=1S/2C14H26O/c2*1-6-9-10-11-14(15,12(4)7-2)13(5)8-3/h2*7-8,15H,6,9-11H2,1-5H3/b12-7+,13-8+;12-7-,13-8+. The molecule has 0 saturated heterocycles. The van der Waals surface area contributed by atoms with Crippen LogP contribution in [0.4, 0.5) is 0 Å². The molecule has 0 aliphatic carbocycles. The van der Waals surface area contributed by atoms with Gasteiger partial charge in [-0.1, -0.05) is 63.8 Å². The maximum atomic E-state index is 10.6. The van der Waals surface area contributed by atoms with Crippen LogP contribution in [0.5, 0.6) is 0 Å². The normalized spacial score (nSPS) is 17.7. The molecule has 1 atom stereocenters. The molecule has 0 amide bonds. The lowest BCUT2D eigenvalue weighted by Crippen LogP contribution is -2.31. The second kappa shape index (κ2) is 16.6. The molecule has 176 valence electrons. The first kappa shape index (κ1) is 31.1. The lowest BCUT2D eigenvalue weighted by molar-refractivity contribution is 0.103. The van der Waals surface area contributed by atoms with E-state index >= 15 is 0 Å². The minimum absolute atomic E-state index is 0.710. The van der Waals surface area contributed by atoms with Crippen LogP contribution in [-0.4, -0.2) is 21.4 Å². The molecule has 0 radical (unpaired) electrons. The van der Waals surface area contributed by atoms with Crippen molar-refractivity contribution in [3.05, 3.63) is 46.6 Å². The lowest BCUT2D eigenvalue weighted by atomic mass is 9.82. The van der Waals surface area contributed by atoms with Crippen LogP contribution in [0.1, 0.15) is 121 Å². The highest BCUT2D eigenvalue weighted by molar-refractivity contribution is 5.30. The van der Waals surface area contributed by atoms with E-state index in [1.165, 1.54) is 25.7 Å². The summed E-state index contributed by atoms with van der Waals surface area (Å²) in [6, 6.07) is 0. The summed E-state index contributed by atoms with van der Waals surface area (Å²) in [6.45, 7) is 20.4. The fraction of sp³-hybridized carbons (Fsp3) is 0.714. The molecular weight excluding hydrogens is 368 g/mol. The van der Waals surface area contributed by atoms with Gasteiger partial charge in [0.1, 0.15) is 11.2 Å². The van der Waals surface area contributed by atoms with Gasteiger partial charge < -0.3 is 10.2 Å². The first-order chi connectivity index (χ1) is 14.0. The summed E-state index contributed by atoms with van der Waals surface area (Å²) >= 11 is 0. The molecule has 0 aromatic carbocycles. The van der Waals surface area contributed by atoms with Crippen LogP contribution < -0.4 is 0 Å². The number of hydrogen-bond donors (Lipinski definition) is 2. The highest BCUT2D eigenvalue weighted by Gasteiger charge is 2.30. The maximum Gasteiger partial charge on any atom is 0.106 e. The Morgan fingerprint density at radius 2 is 0.767 bits per heavy atom. The number of rotatable bonds is 12. The van der Waals surface area contributed by atoms with Crippen LogP contribution in [0, 0.1) is 0 Å². The van der Waals surface area contributed by atoms with Gasteiger partial charge in [0.2, 0.25) is 0 Å². The SMILES string of the molecule is C/C=C(/C)C(O)(CCCCC)/C(C)=C/C.C/C=C(\C)C(O)(CCCCC)/C(C)=C/C. The van der Waals surface area contributed by atoms with Crippen LogP contribution in [0.3, 0.4) is 0 Å². The van der Waals surface area contributed by atoms with E-state index in [1.807, 2.05) is 79.7 Å². The molecule has 30 heavy (non-hydrogen) atoms. The zero-order valence-electron chi connectivity index (χ0n) is 21.9. The molecule has 0 heterocycles. The van der Waals surface area contributed by atoms with E-state index in [-0.39, 0.29) is 0 Å². The van der Waals surface area contributed by atoms with Gasteiger partial charge in [-0.2, -0.15) is 0 Å². The smallest absolute Gasteiger partial charge is 0.106 e. The van der Waals surface area contributed by atoms with Gasteiger partial charge in [-0.05, 0) is 103 Å². The van der Waals surface area contributed by atoms with Gasteiger partial charge in [0, 0.05) is 0 Å². The quantitative estimate of drug-likeness (QED) is 0.245. The fourth-order valence-electron chi connectivity index (χ4n) is 3.63. The number of hydrogen-bond acceptors (Lipinski definition) is 2. The van der Waals surface area contributed by atoms with E-state index in [0.29, 0.717) is 0 Å². The monoisotopic (exact) mass is 420 g/mol. The van der Waals surface area contributed by atoms with Gasteiger partial charge in [-0.3, -0.25) is 0 Å². The molecule has 2 N–H and O–H groups in total. The van der Waals surface area contributed by atoms with Crippen molar-refractivity contribution in [1.29, 1.82) is 0 Å². The van der Waals surface area contributed by atoms with Crippen molar-refractivity contribution in [3.8, 4) is 0 Å². The van der Waals surface area contributed by atoms with Crippen LogP contribution in [-0.2, 0) is 0 Å². The first-order valence-electron chi connectivity index (χ1n) is 12.0. The zero-order chi connectivity index (χ0) is 23.8. The molecule has 0 fully saturated rings. The van der Waals surface area contributed by atoms with E-state index in [4.69, 9.17) is 0 Å². The number of unbranched alkanes of at least 4 members (excludes halogenated alkanes) is 4. The topological polar surface area (TPSA) is 40.5 Å². The molecule has 0 aliphatic rings. The summed E-state index contributed by atoms with van der Waals surface area (Å²) < 4.78 is 0. The average Bonchev–Trinajstić information content (AvgIpc) is 2.76. The molecule has 0 aromatic rings. The van der Waals surface area contributed by atoms with Crippen LogP contribution in [0.25, 0.3) is 0 Å². The number of aliphatic hydroxyl groups is 2. The summed E-state index contributed by atoms with van der Waals surface area (Å²) in [5.74, 6) is 0. The third kappa shape index (κ3) is 9.79. The van der Waals surface area contributed by atoms with E-state index < -0.39 is 11.2 Å². The van der Waals surface area contributed by atoms with Crippen molar-refractivity contribution in [3.63, 3.8) is 0 Å². The summed E-state index contributed by atoms with van der Waals surface area (Å²) in [5.41, 5.74) is 2.84. The van der Waals surface area contributed by atoms with Crippen LogP contribution >= 0.6 is 0 Å². The van der Waals surface area contributed by atoms with Crippen molar-refractivity contribution >= 4 is 0 Å². The zero-order valence-corrected chi connectivity index (χ0v) is 21.9. The van der Waals surface area contributed by atoms with Crippen molar-refractivity contribution < 1.29 is 10.2 Å². The van der Waals surface area contributed by atoms with Crippen LogP contribution in [0.2, 0.25) is 0 Å². The molecule has 0 aromatic heterocycles. The van der Waals surface area contributed by atoms with Crippen LogP contribution in [0.15, 0.2) is 46.6 Å². The molecule has 0 spiro atoms. The first-order valence-corrected chi connectivity index (χ1v) is 12.0. The summed E-state index contributed by atoms with van der Waals surface area (Å²) in [7, 11) is 0. The van der Waals surface area contributed by atoms with Gasteiger partial charge in [0.25, 0.3) is 0 Å². The Hall–Kier alpha value is -1.12. The lowest BCUT2D eigenvalue weighted by Gasteiger charge is -2.30. The Morgan fingerprint density at radius 1 is 0.533 bits per heavy atom. The summed E-state index contributed by atoms with van der Waals surface area (Å²) in [5, 5.41) is 21.3. The molecule has 0 saturated carbocycles. The maximum absolute atomic E-state index is 10.6. The van der Waals surface area contributed by atoms with Gasteiger partial charge >= 0.3 is 0 Å². The molecule has 1 unspecified atom stereocenters. The van der Waals surface area contributed by atoms with E-state index in [1.54, 1.807) is 0 Å². The van der Waals surface area contributed by atoms with Gasteiger partial charge in [-0.25, -0.2) is 0 Å². The molecule has 0 bridgehead atoms. The van der Waals surface area contributed by atoms with Gasteiger partial charge in [0.15, 0.2) is 0 Å². The summed E-state index contributed by atoms with van der Waals surface area (Å²) in [4.78, 5) is 0. The second-order valence-corrected chi connectivity index (χ2v) is 8.52. The highest BCUT2D eigenvalue weighted by Crippen LogP contribution is 2.32. The minimum Gasteiger partial charge on any atom is -0.381 e. The molecule has 2 heteroatoms. The van der Waals surface area contributed by atoms with Crippen molar-refractivity contribution in [2.45, 2.75) is 132 Å². The summed E-state index contributed by atoms with van der Waals surface area (Å²) in [6.07, 6.45) is 16.7. The van der Waals surface area contributed by atoms with Gasteiger partial charge in [-0.15, -0.1) is 0 Å². The Bertz CT molecular complexity index is 487. The second-order valence-electron chi connectivity index (χ2n) is 8.52. The third-order valence-corrected chi connectivity index (χ3v) is 6.63. The fourth-order valence-corrected chi connectivity index (χ4v) is 3.63. The van der Waals surface area contributed by atoms with Gasteiger partial charge in [0.05, 0.1) is 0 Å². The Balaban J connectivity index is 0. The van der Waals surface area contributed by atoms with Crippen molar-refractivity contribution in [1.82, 2.24) is 0 Å². The van der Waals surface area contributed by atoms with Crippen molar-refractivity contribution in [2.24, 2.45) is 0 Å². The highest BCUT2D eigenvalue weighted by atomic mass is 16.3. The third-order valence-electron chi connectivity index (χ3n) is 6.63. The Kier molecular flexibility index (Phi) is 17.1. The Labute approximate surface area is 188 Å².